The summed E-state index contributed by atoms with van der Waals surface area (Å²) in [5.74, 6) is 0.147. The van der Waals surface area contributed by atoms with Gasteiger partial charge >= 0.3 is 0 Å². The maximum absolute atomic E-state index is 12.7. The Morgan fingerprint density at radius 2 is 1.89 bits per heavy atom. The third-order valence-electron chi connectivity index (χ3n) is 3.20. The highest BCUT2D eigenvalue weighted by atomic mass is 79.9. The van der Waals surface area contributed by atoms with Crippen LogP contribution in [0.2, 0.25) is 0 Å². The number of carbonyl (C=O) groups is 1. The van der Waals surface area contributed by atoms with Crippen molar-refractivity contribution in [2.45, 2.75) is 39.5 Å². The fourth-order valence-electron chi connectivity index (χ4n) is 2.15. The first-order chi connectivity index (χ1) is 8.91. The molecule has 0 atom stereocenters. The largest absolute Gasteiger partial charge is 0.339 e. The number of carbonyl (C=O) groups excluding carboxylic acids is 1. The van der Waals surface area contributed by atoms with E-state index in [1.54, 1.807) is 0 Å². The Kier molecular flexibility index (Phi) is 6.05. The average Bonchev–Trinajstić information content (AvgIpc) is 2.38. The van der Waals surface area contributed by atoms with Crippen LogP contribution in [0.1, 0.15) is 50.0 Å². The molecule has 0 aromatic heterocycles. The summed E-state index contributed by atoms with van der Waals surface area (Å²) >= 11 is 3.42. The molecule has 0 saturated carbocycles. The Bertz CT molecular complexity index is 423. The Labute approximate surface area is 125 Å². The third kappa shape index (κ3) is 4.34. The van der Waals surface area contributed by atoms with Crippen molar-refractivity contribution in [3.8, 4) is 0 Å². The van der Waals surface area contributed by atoms with Crippen LogP contribution < -0.4 is 0 Å². The van der Waals surface area contributed by atoms with Gasteiger partial charge in [-0.25, -0.2) is 0 Å². The van der Waals surface area contributed by atoms with E-state index in [1.807, 2.05) is 30.0 Å². The first kappa shape index (κ1) is 16.2. The SMILES string of the molecule is CCN(CCCBr)C(=O)c1ccccc1C(C)(C)C. The molecule has 0 bridgehead atoms. The van der Waals surface area contributed by atoms with Crippen LogP contribution in [0.25, 0.3) is 0 Å². The Balaban J connectivity index is 3.05. The normalized spacial score (nSPS) is 11.4. The van der Waals surface area contributed by atoms with E-state index in [2.05, 4.69) is 42.8 Å². The molecule has 1 amide bonds. The number of nitrogens with zero attached hydrogens (tertiary/aromatic N) is 1. The number of amides is 1. The maximum Gasteiger partial charge on any atom is 0.254 e. The van der Waals surface area contributed by atoms with Gasteiger partial charge in [-0.1, -0.05) is 54.9 Å². The van der Waals surface area contributed by atoms with E-state index in [4.69, 9.17) is 0 Å². The molecule has 0 aliphatic carbocycles. The first-order valence-electron chi connectivity index (χ1n) is 6.86. The molecule has 0 radical (unpaired) electrons. The fraction of sp³-hybridized carbons (Fsp3) is 0.562. The van der Waals surface area contributed by atoms with E-state index in [-0.39, 0.29) is 11.3 Å². The van der Waals surface area contributed by atoms with Gasteiger partial charge in [-0.15, -0.1) is 0 Å². The molecule has 0 saturated heterocycles. The van der Waals surface area contributed by atoms with Crippen molar-refractivity contribution in [2.75, 3.05) is 18.4 Å². The lowest BCUT2D eigenvalue weighted by Gasteiger charge is -2.26. The van der Waals surface area contributed by atoms with Crippen LogP contribution in [0, 0.1) is 0 Å². The minimum absolute atomic E-state index is 0.0128. The van der Waals surface area contributed by atoms with Crippen molar-refractivity contribution >= 4 is 21.8 Å². The molecule has 3 heteroatoms. The Hall–Kier alpha value is -0.830. The number of halogens is 1. The maximum atomic E-state index is 12.7. The molecule has 1 aromatic rings. The quantitative estimate of drug-likeness (QED) is 0.742. The van der Waals surface area contributed by atoms with Gasteiger partial charge < -0.3 is 4.90 Å². The Morgan fingerprint density at radius 3 is 2.42 bits per heavy atom. The number of benzene rings is 1. The zero-order valence-electron chi connectivity index (χ0n) is 12.4. The van der Waals surface area contributed by atoms with Crippen molar-refractivity contribution < 1.29 is 4.79 Å². The molecule has 0 fully saturated rings. The summed E-state index contributed by atoms with van der Waals surface area (Å²) in [6.45, 7) is 10.0. The fourth-order valence-corrected chi connectivity index (χ4v) is 2.40. The summed E-state index contributed by atoms with van der Waals surface area (Å²) in [7, 11) is 0. The van der Waals surface area contributed by atoms with Crippen molar-refractivity contribution in [2.24, 2.45) is 0 Å². The first-order valence-corrected chi connectivity index (χ1v) is 7.98. The minimum atomic E-state index is -0.0128. The standard InChI is InChI=1S/C16H24BrNO/c1-5-18(12-8-11-17)15(19)13-9-6-7-10-14(13)16(2,3)4/h6-7,9-10H,5,8,11-12H2,1-4H3. The highest BCUT2D eigenvalue weighted by Crippen LogP contribution is 2.26. The van der Waals surface area contributed by atoms with E-state index in [9.17, 15) is 4.79 Å². The molecular formula is C16H24BrNO. The summed E-state index contributed by atoms with van der Waals surface area (Å²) in [5.41, 5.74) is 1.95. The minimum Gasteiger partial charge on any atom is -0.339 e. The van der Waals surface area contributed by atoms with Crippen LogP contribution in [-0.2, 0) is 5.41 Å². The zero-order valence-corrected chi connectivity index (χ0v) is 14.0. The molecule has 1 aromatic carbocycles. The lowest BCUT2D eigenvalue weighted by molar-refractivity contribution is 0.0762. The number of alkyl halides is 1. The van der Waals surface area contributed by atoms with Gasteiger partial charge in [0.15, 0.2) is 0 Å². The highest BCUT2D eigenvalue weighted by Gasteiger charge is 2.23. The predicted octanol–water partition coefficient (Wildman–Crippen LogP) is 4.23. The van der Waals surface area contributed by atoms with E-state index in [0.717, 1.165) is 36.0 Å². The summed E-state index contributed by atoms with van der Waals surface area (Å²) in [6.07, 6.45) is 0.983. The second-order valence-corrected chi connectivity index (χ2v) is 6.52. The zero-order chi connectivity index (χ0) is 14.5. The van der Waals surface area contributed by atoms with E-state index >= 15 is 0 Å². The molecule has 0 unspecified atom stereocenters. The van der Waals surface area contributed by atoms with Gasteiger partial charge in [0, 0.05) is 24.0 Å². The van der Waals surface area contributed by atoms with E-state index in [1.165, 1.54) is 0 Å². The molecule has 0 aliphatic heterocycles. The number of hydrogen-bond donors (Lipinski definition) is 0. The molecule has 0 spiro atoms. The van der Waals surface area contributed by atoms with Crippen LogP contribution in [0.5, 0.6) is 0 Å². The molecule has 1 rings (SSSR count). The summed E-state index contributed by atoms with van der Waals surface area (Å²) < 4.78 is 0. The van der Waals surface area contributed by atoms with Gasteiger partial charge in [0.25, 0.3) is 5.91 Å². The molecule has 0 N–H and O–H groups in total. The summed E-state index contributed by atoms with van der Waals surface area (Å²) in [5, 5.41) is 0.928. The molecule has 0 aliphatic rings. The van der Waals surface area contributed by atoms with E-state index < -0.39 is 0 Å². The van der Waals surface area contributed by atoms with Crippen molar-refractivity contribution in [3.05, 3.63) is 35.4 Å². The summed E-state index contributed by atoms with van der Waals surface area (Å²) in [6, 6.07) is 7.96. The van der Waals surface area contributed by atoms with Gasteiger partial charge in [-0.2, -0.15) is 0 Å². The molecule has 2 nitrogen and oxygen atoms in total. The molecule has 0 heterocycles. The molecular weight excluding hydrogens is 302 g/mol. The van der Waals surface area contributed by atoms with Gasteiger partial charge in [-0.3, -0.25) is 4.79 Å². The lowest BCUT2D eigenvalue weighted by Crippen LogP contribution is -2.33. The topological polar surface area (TPSA) is 20.3 Å². The van der Waals surface area contributed by atoms with Crippen LogP contribution in [0.4, 0.5) is 0 Å². The van der Waals surface area contributed by atoms with Crippen LogP contribution >= 0.6 is 15.9 Å². The summed E-state index contributed by atoms with van der Waals surface area (Å²) in [4.78, 5) is 14.6. The average molecular weight is 326 g/mol. The van der Waals surface area contributed by atoms with Crippen LogP contribution in [0.3, 0.4) is 0 Å². The van der Waals surface area contributed by atoms with Crippen molar-refractivity contribution in [3.63, 3.8) is 0 Å². The second kappa shape index (κ2) is 7.09. The van der Waals surface area contributed by atoms with Gasteiger partial charge in [0.05, 0.1) is 0 Å². The highest BCUT2D eigenvalue weighted by molar-refractivity contribution is 9.09. The smallest absolute Gasteiger partial charge is 0.254 e. The third-order valence-corrected chi connectivity index (χ3v) is 3.76. The van der Waals surface area contributed by atoms with Crippen molar-refractivity contribution in [1.82, 2.24) is 4.90 Å². The van der Waals surface area contributed by atoms with Gasteiger partial charge in [-0.05, 0) is 30.4 Å². The predicted molar refractivity (Wildman–Crippen MR) is 85.1 cm³/mol. The van der Waals surface area contributed by atoms with Crippen LogP contribution in [-0.4, -0.2) is 29.2 Å². The molecule has 19 heavy (non-hydrogen) atoms. The number of hydrogen-bond acceptors (Lipinski definition) is 1. The monoisotopic (exact) mass is 325 g/mol. The molecule has 106 valence electrons. The number of rotatable bonds is 5. The second-order valence-electron chi connectivity index (χ2n) is 5.72. The van der Waals surface area contributed by atoms with Gasteiger partial charge in [0.2, 0.25) is 0 Å². The Morgan fingerprint density at radius 1 is 1.26 bits per heavy atom. The van der Waals surface area contributed by atoms with E-state index in [0.29, 0.717) is 0 Å². The van der Waals surface area contributed by atoms with Gasteiger partial charge in [0.1, 0.15) is 0 Å². The lowest BCUT2D eigenvalue weighted by atomic mass is 9.83. The van der Waals surface area contributed by atoms with Crippen molar-refractivity contribution in [1.29, 1.82) is 0 Å². The van der Waals surface area contributed by atoms with Crippen LogP contribution in [0.15, 0.2) is 24.3 Å².